The third-order valence-corrected chi connectivity index (χ3v) is 4.83. The minimum atomic E-state index is -0.320. The zero-order valence-electron chi connectivity index (χ0n) is 14.7. The van der Waals surface area contributed by atoms with Gasteiger partial charge in [-0.2, -0.15) is 0 Å². The van der Waals surface area contributed by atoms with Gasteiger partial charge < -0.3 is 25.0 Å². The molecular formula is C18H25N3O4. The second-order valence-corrected chi connectivity index (χ2v) is 6.51. The third kappa shape index (κ3) is 4.04. The Bertz CT molecular complexity index is 621. The first-order valence-corrected chi connectivity index (χ1v) is 8.65. The van der Waals surface area contributed by atoms with E-state index >= 15 is 0 Å². The van der Waals surface area contributed by atoms with Crippen LogP contribution in [0.3, 0.4) is 0 Å². The van der Waals surface area contributed by atoms with Crippen molar-refractivity contribution >= 4 is 17.5 Å². The lowest BCUT2D eigenvalue weighted by Crippen LogP contribution is -2.45. The maximum Gasteiger partial charge on any atom is 0.227 e. The van der Waals surface area contributed by atoms with Crippen molar-refractivity contribution in [3.05, 3.63) is 18.2 Å². The molecule has 0 aliphatic carbocycles. The topological polar surface area (TPSA) is 79.9 Å². The Balaban J connectivity index is 1.68. The number of ether oxygens (including phenoxy) is 2. The molecular weight excluding hydrogens is 322 g/mol. The standard InChI is InChI=1S/C18H25N3O4/c1-24-15-8-14(9-16(10-15)25-2)21-11-12(7-17(21)22)18(23)20-13-3-5-19-6-4-13/h8-10,12-13,19H,3-7,11H2,1-2H3,(H,20,23). The molecule has 7 heteroatoms. The Morgan fingerprint density at radius 2 is 1.80 bits per heavy atom. The zero-order valence-corrected chi connectivity index (χ0v) is 14.7. The number of hydrogen-bond acceptors (Lipinski definition) is 5. The number of piperidine rings is 1. The second-order valence-electron chi connectivity index (χ2n) is 6.51. The predicted molar refractivity (Wildman–Crippen MR) is 94.0 cm³/mol. The highest BCUT2D eigenvalue weighted by molar-refractivity contribution is 6.00. The molecule has 1 aromatic rings. The van der Waals surface area contributed by atoms with Crippen LogP contribution in [0.1, 0.15) is 19.3 Å². The number of methoxy groups -OCH3 is 2. The van der Waals surface area contributed by atoms with Gasteiger partial charge in [-0.3, -0.25) is 9.59 Å². The van der Waals surface area contributed by atoms with Crippen molar-refractivity contribution in [3.8, 4) is 11.5 Å². The smallest absolute Gasteiger partial charge is 0.227 e. The van der Waals surface area contributed by atoms with Crippen LogP contribution < -0.4 is 25.0 Å². The number of anilines is 1. The maximum atomic E-state index is 12.5. The SMILES string of the molecule is COc1cc(OC)cc(N2CC(C(=O)NC3CCNCC3)CC2=O)c1. The van der Waals surface area contributed by atoms with Gasteiger partial charge in [-0.1, -0.05) is 0 Å². The minimum Gasteiger partial charge on any atom is -0.497 e. The van der Waals surface area contributed by atoms with Gasteiger partial charge >= 0.3 is 0 Å². The minimum absolute atomic E-state index is 0.0300. The number of carbonyl (C=O) groups is 2. The van der Waals surface area contributed by atoms with Crippen molar-refractivity contribution in [1.82, 2.24) is 10.6 Å². The zero-order chi connectivity index (χ0) is 17.8. The first-order chi connectivity index (χ1) is 12.1. The molecule has 2 heterocycles. The number of benzene rings is 1. The molecule has 0 spiro atoms. The second kappa shape index (κ2) is 7.74. The van der Waals surface area contributed by atoms with E-state index in [2.05, 4.69) is 10.6 Å². The van der Waals surface area contributed by atoms with Gasteiger partial charge in [0.15, 0.2) is 0 Å². The van der Waals surface area contributed by atoms with E-state index in [0.717, 1.165) is 25.9 Å². The van der Waals surface area contributed by atoms with Crippen LogP contribution in [0.15, 0.2) is 18.2 Å². The normalized spacial score (nSPS) is 21.3. The fraction of sp³-hybridized carbons (Fsp3) is 0.556. The maximum absolute atomic E-state index is 12.5. The van der Waals surface area contributed by atoms with Crippen molar-refractivity contribution in [2.24, 2.45) is 5.92 Å². The Hall–Kier alpha value is -2.28. The molecule has 2 amide bonds. The van der Waals surface area contributed by atoms with Crippen LogP contribution >= 0.6 is 0 Å². The van der Waals surface area contributed by atoms with Crippen molar-refractivity contribution in [2.45, 2.75) is 25.3 Å². The van der Waals surface area contributed by atoms with Gasteiger partial charge in [0, 0.05) is 37.2 Å². The molecule has 25 heavy (non-hydrogen) atoms. The number of amides is 2. The summed E-state index contributed by atoms with van der Waals surface area (Å²) in [4.78, 5) is 26.6. The number of carbonyl (C=O) groups excluding carboxylic acids is 2. The van der Waals surface area contributed by atoms with E-state index in [4.69, 9.17) is 9.47 Å². The van der Waals surface area contributed by atoms with E-state index in [0.29, 0.717) is 23.7 Å². The summed E-state index contributed by atoms with van der Waals surface area (Å²) in [7, 11) is 3.14. The van der Waals surface area contributed by atoms with E-state index < -0.39 is 0 Å². The van der Waals surface area contributed by atoms with E-state index in [1.165, 1.54) is 0 Å². The van der Waals surface area contributed by atoms with Crippen molar-refractivity contribution in [2.75, 3.05) is 38.8 Å². The first-order valence-electron chi connectivity index (χ1n) is 8.65. The van der Waals surface area contributed by atoms with E-state index in [1.807, 2.05) is 0 Å². The lowest BCUT2D eigenvalue weighted by molar-refractivity contribution is -0.127. The Labute approximate surface area is 147 Å². The summed E-state index contributed by atoms with van der Waals surface area (Å²) in [5.41, 5.74) is 0.693. The summed E-state index contributed by atoms with van der Waals surface area (Å²) in [6, 6.07) is 5.53. The summed E-state index contributed by atoms with van der Waals surface area (Å²) in [6.45, 7) is 2.22. The lowest BCUT2D eigenvalue weighted by Gasteiger charge is -2.25. The average molecular weight is 347 g/mol. The van der Waals surface area contributed by atoms with Crippen LogP contribution in [-0.4, -0.2) is 51.7 Å². The number of nitrogens with zero attached hydrogens (tertiary/aromatic N) is 1. The molecule has 136 valence electrons. The fourth-order valence-electron chi connectivity index (χ4n) is 3.37. The molecule has 2 aliphatic heterocycles. The van der Waals surface area contributed by atoms with Crippen LogP contribution in [0.4, 0.5) is 5.69 Å². The third-order valence-electron chi connectivity index (χ3n) is 4.83. The highest BCUT2D eigenvalue weighted by Crippen LogP contribution is 2.32. The summed E-state index contributed by atoms with van der Waals surface area (Å²) in [5, 5.41) is 6.37. The molecule has 0 aromatic heterocycles. The molecule has 1 aromatic carbocycles. The molecule has 0 saturated carbocycles. The lowest BCUT2D eigenvalue weighted by atomic mass is 10.0. The Morgan fingerprint density at radius 1 is 1.16 bits per heavy atom. The molecule has 2 aliphatic rings. The monoisotopic (exact) mass is 347 g/mol. The molecule has 0 bridgehead atoms. The molecule has 1 unspecified atom stereocenters. The van der Waals surface area contributed by atoms with E-state index in [9.17, 15) is 9.59 Å². The van der Waals surface area contributed by atoms with Crippen LogP contribution in [-0.2, 0) is 9.59 Å². The van der Waals surface area contributed by atoms with Gasteiger partial charge in [-0.25, -0.2) is 0 Å². The molecule has 3 rings (SSSR count). The summed E-state index contributed by atoms with van der Waals surface area (Å²) in [5.74, 6) is 0.826. The number of rotatable bonds is 5. The molecule has 1 atom stereocenters. The van der Waals surface area contributed by atoms with Crippen LogP contribution in [0.25, 0.3) is 0 Å². The van der Waals surface area contributed by atoms with Gasteiger partial charge in [0.25, 0.3) is 0 Å². The number of nitrogens with one attached hydrogen (secondary N) is 2. The quantitative estimate of drug-likeness (QED) is 0.828. The molecule has 2 fully saturated rings. The average Bonchev–Trinajstić information content (AvgIpc) is 3.04. The van der Waals surface area contributed by atoms with Gasteiger partial charge in [0.05, 0.1) is 25.8 Å². The molecule has 2 N–H and O–H groups in total. The van der Waals surface area contributed by atoms with Crippen LogP contribution in [0.5, 0.6) is 11.5 Å². The summed E-state index contributed by atoms with van der Waals surface area (Å²) >= 11 is 0. The highest BCUT2D eigenvalue weighted by Gasteiger charge is 2.36. The summed E-state index contributed by atoms with van der Waals surface area (Å²) in [6.07, 6.45) is 2.10. The molecule has 0 radical (unpaired) electrons. The van der Waals surface area contributed by atoms with E-state index in [-0.39, 0.29) is 30.2 Å². The first kappa shape index (κ1) is 17.5. The van der Waals surface area contributed by atoms with Gasteiger partial charge in [0.2, 0.25) is 11.8 Å². The molecule has 2 saturated heterocycles. The predicted octanol–water partition coefficient (Wildman–Crippen LogP) is 0.925. The van der Waals surface area contributed by atoms with Crippen LogP contribution in [0, 0.1) is 5.92 Å². The Kier molecular flexibility index (Phi) is 5.43. The van der Waals surface area contributed by atoms with Gasteiger partial charge in [-0.05, 0) is 25.9 Å². The number of hydrogen-bond donors (Lipinski definition) is 2. The Morgan fingerprint density at radius 3 is 2.40 bits per heavy atom. The van der Waals surface area contributed by atoms with Gasteiger partial charge in [0.1, 0.15) is 11.5 Å². The van der Waals surface area contributed by atoms with Crippen molar-refractivity contribution in [3.63, 3.8) is 0 Å². The van der Waals surface area contributed by atoms with Gasteiger partial charge in [-0.15, -0.1) is 0 Å². The molecule has 7 nitrogen and oxygen atoms in total. The van der Waals surface area contributed by atoms with E-state index in [1.54, 1.807) is 37.3 Å². The van der Waals surface area contributed by atoms with Crippen LogP contribution in [0.2, 0.25) is 0 Å². The highest BCUT2D eigenvalue weighted by atomic mass is 16.5. The summed E-state index contributed by atoms with van der Waals surface area (Å²) < 4.78 is 10.5. The fourth-order valence-corrected chi connectivity index (χ4v) is 3.37. The largest absolute Gasteiger partial charge is 0.497 e. The van der Waals surface area contributed by atoms with Crippen molar-refractivity contribution in [1.29, 1.82) is 0 Å². The van der Waals surface area contributed by atoms with Crippen molar-refractivity contribution < 1.29 is 19.1 Å².